The van der Waals surface area contributed by atoms with Gasteiger partial charge in [0.05, 0.1) is 78.6 Å². The molecule has 2 fully saturated rings. The Labute approximate surface area is 600 Å². The predicted octanol–water partition coefficient (Wildman–Crippen LogP) is 15.3. The second-order valence-electron chi connectivity index (χ2n) is 26.3. The van der Waals surface area contributed by atoms with E-state index in [1.54, 1.807) is 6.20 Å². The number of pyridine rings is 3. The molecule has 6 N–H and O–H groups in total. The van der Waals surface area contributed by atoms with Crippen molar-refractivity contribution >= 4 is 132 Å². The Morgan fingerprint density at radius 1 is 0.592 bits per heavy atom. The van der Waals surface area contributed by atoms with Gasteiger partial charge in [0.2, 0.25) is 17.8 Å². The van der Waals surface area contributed by atoms with Gasteiger partial charge in [-0.15, -0.1) is 0 Å². The van der Waals surface area contributed by atoms with Crippen LogP contribution in [0.15, 0.2) is 116 Å². The Kier molecular flexibility index (Phi) is 22.2. The van der Waals surface area contributed by atoms with Gasteiger partial charge in [0.25, 0.3) is 0 Å². The molecule has 98 heavy (non-hydrogen) atoms. The number of nitrogens with zero attached hydrogens (tertiary/aromatic N) is 13. The first-order valence-corrected chi connectivity index (χ1v) is 35.5. The molecule has 24 heteroatoms. The van der Waals surface area contributed by atoms with Crippen LogP contribution in [0.25, 0.3) is 33.8 Å². The van der Waals surface area contributed by atoms with Crippen molar-refractivity contribution in [3.05, 3.63) is 171 Å². The minimum absolute atomic E-state index is 0.515. The fourth-order valence-electron chi connectivity index (χ4n) is 13.0. The van der Waals surface area contributed by atoms with E-state index in [0.717, 1.165) is 181 Å². The highest BCUT2D eigenvalue weighted by molar-refractivity contribution is 7.81. The Morgan fingerprint density at radius 3 is 1.68 bits per heavy atom. The third-order valence-corrected chi connectivity index (χ3v) is 19.5. The van der Waals surface area contributed by atoms with Crippen molar-refractivity contribution in [2.24, 2.45) is 5.92 Å². The fourth-order valence-corrected chi connectivity index (χ4v) is 14.2. The van der Waals surface area contributed by atoms with E-state index in [4.69, 9.17) is 79.8 Å². The summed E-state index contributed by atoms with van der Waals surface area (Å²) >= 11 is 28.9. The lowest BCUT2D eigenvalue weighted by molar-refractivity contribution is 0.146. The quantitative estimate of drug-likeness (QED) is 0.0561. The summed E-state index contributed by atoms with van der Waals surface area (Å²) in [6, 6.07) is 27.4. The molecule has 0 bridgehead atoms. The van der Waals surface area contributed by atoms with Gasteiger partial charge in [-0.1, -0.05) is 92.8 Å². The molecule has 11 heterocycles. The van der Waals surface area contributed by atoms with Crippen LogP contribution in [-0.2, 0) is 32.1 Å². The molecule has 14 rings (SSSR count). The number of nitrogens with one attached hydrogen (secondary N) is 6. The van der Waals surface area contributed by atoms with E-state index in [2.05, 4.69) is 168 Å². The summed E-state index contributed by atoms with van der Waals surface area (Å²) in [5.41, 5.74) is 20.4. The molecular weight excluding hydrogens is 1320 g/mol. The number of rotatable bonds is 14. The summed E-state index contributed by atoms with van der Waals surface area (Å²) in [4.78, 5) is 54.1. The van der Waals surface area contributed by atoms with Gasteiger partial charge >= 0.3 is 0 Å². The summed E-state index contributed by atoms with van der Waals surface area (Å²) in [5.74, 6) is 2.20. The van der Waals surface area contributed by atoms with Crippen molar-refractivity contribution < 1.29 is 0 Å². The van der Waals surface area contributed by atoms with Gasteiger partial charge in [-0.3, -0.25) is 19.9 Å². The molecule has 0 saturated carbocycles. The molecule has 5 aliphatic rings. The van der Waals surface area contributed by atoms with Crippen LogP contribution in [0.2, 0.25) is 10.0 Å². The zero-order valence-electron chi connectivity index (χ0n) is 56.9. The first kappa shape index (κ1) is 69.6. The van der Waals surface area contributed by atoms with Crippen LogP contribution in [0.1, 0.15) is 85.4 Å². The SMILES string of the molecule is CCN1CCN(c2cncc(Nc3ncc4c(n3)-c3ccc(Cl)cc3NC(=S)C4)c2)C[C@H]1C.Cc1ccc2c(c1)NC(=S)Cc1cnc(Nc3ccc(CC(C)C)nc3C)nc1-2.Cc1ncc(CCN2CCC(N(C)C)CC2)cc1Nc1ncc2c(n1)-c1ccc(Cl)cc1NC(=S)C2. The number of piperidine rings is 1. The van der Waals surface area contributed by atoms with E-state index < -0.39 is 0 Å². The predicted molar refractivity (Wildman–Crippen MR) is 413 cm³/mol. The zero-order valence-corrected chi connectivity index (χ0v) is 60.9. The first-order chi connectivity index (χ1) is 47.2. The third kappa shape index (κ3) is 17.2. The lowest BCUT2D eigenvalue weighted by Gasteiger charge is -2.40. The number of benzene rings is 3. The van der Waals surface area contributed by atoms with Crippen LogP contribution in [0.5, 0.6) is 0 Å². The second kappa shape index (κ2) is 31.3. The third-order valence-electron chi connectivity index (χ3n) is 18.3. The zero-order chi connectivity index (χ0) is 68.7. The highest BCUT2D eigenvalue weighted by atomic mass is 35.5. The highest BCUT2D eigenvalue weighted by Gasteiger charge is 2.27. The number of piperazine rings is 1. The Bertz CT molecular complexity index is 4450. The van der Waals surface area contributed by atoms with Gasteiger partial charge < -0.3 is 46.6 Å². The van der Waals surface area contributed by atoms with Crippen LogP contribution in [0, 0.1) is 26.7 Å². The number of likely N-dealkylation sites (N-methyl/N-ethyl adjacent to an activating group) is 1. The van der Waals surface area contributed by atoms with Gasteiger partial charge in [-0.25, -0.2) is 29.9 Å². The molecule has 19 nitrogen and oxygen atoms in total. The van der Waals surface area contributed by atoms with Crippen molar-refractivity contribution in [3.63, 3.8) is 0 Å². The fraction of sp³-hybridized carbons (Fsp3) is 0.351. The first-order valence-electron chi connectivity index (χ1n) is 33.5. The summed E-state index contributed by atoms with van der Waals surface area (Å²) in [5, 5.41) is 21.3. The Hall–Kier alpha value is -8.32. The standard InChI is InChI=1S/C27H32ClN7S.C24H26ClN7S.C23H25N5S/c1-17-23(12-18(15-29-17)6-9-35-10-7-21(8-11-35)34(2)3)32-27-30-16-19-13-25(36)31-24-14-20(28)4-5-22(24)26(19)33-27;1-3-31-6-7-32(14-15(31)2)19-10-18(12-26-13-19)28-24-27-11-16-8-22(33)29-21-9-17(25)4-5-20(21)23(16)30-24;1-13(2)9-17-6-8-19(15(4)25-17)27-23-24-12-16-11-21(29)26-20-10-14(3)5-7-18(20)22(16)28-23/h4-5,12,14-16,21H,6-11,13H2,1-3H3,(H,31,36)(H,30,32,33);4-5,9-13,15H,3,6-8,14H2,1-2H3,(H,29,33)(H,27,28,30);5-8,10,12-13H,9,11H2,1-4H3,(H,26,29)(H,24,27,28)/t;15-;/m.1./s1. The smallest absolute Gasteiger partial charge is 0.227 e. The minimum Gasteiger partial charge on any atom is -0.367 e. The molecular formula is C74H83Cl2N19S3. The molecule has 3 aromatic carbocycles. The van der Waals surface area contributed by atoms with Crippen molar-refractivity contribution in [2.45, 2.75) is 105 Å². The Balaban J connectivity index is 0.000000141. The van der Waals surface area contributed by atoms with Crippen molar-refractivity contribution in [1.82, 2.24) is 59.6 Å². The molecule has 0 spiro atoms. The maximum Gasteiger partial charge on any atom is 0.227 e. The Morgan fingerprint density at radius 2 is 1.14 bits per heavy atom. The average Bonchev–Trinajstić information content (AvgIpc) is 1.57. The lowest BCUT2D eigenvalue weighted by atomic mass is 10.0. The molecule has 5 aliphatic heterocycles. The van der Waals surface area contributed by atoms with Gasteiger partial charge in [0.1, 0.15) is 0 Å². The maximum absolute atomic E-state index is 6.23. The van der Waals surface area contributed by atoms with Crippen LogP contribution in [0.3, 0.4) is 0 Å². The molecule has 2 saturated heterocycles. The van der Waals surface area contributed by atoms with E-state index in [-0.39, 0.29) is 0 Å². The summed E-state index contributed by atoms with van der Waals surface area (Å²) < 4.78 is 0. The average molecular weight is 1410 g/mol. The van der Waals surface area contributed by atoms with Crippen LogP contribution < -0.4 is 36.8 Å². The van der Waals surface area contributed by atoms with Crippen LogP contribution >= 0.6 is 59.9 Å². The van der Waals surface area contributed by atoms with E-state index in [1.165, 1.54) is 24.0 Å². The number of hydrogen-bond donors (Lipinski definition) is 6. The monoisotopic (exact) mass is 1400 g/mol. The van der Waals surface area contributed by atoms with Crippen molar-refractivity contribution in [3.8, 4) is 33.8 Å². The number of aromatic nitrogens is 9. The van der Waals surface area contributed by atoms with E-state index in [1.807, 2.05) is 81.2 Å². The second-order valence-corrected chi connectivity index (χ2v) is 28.7. The van der Waals surface area contributed by atoms with Gasteiger partial charge in [-0.05, 0) is 171 Å². The summed E-state index contributed by atoms with van der Waals surface area (Å²) in [6.45, 7) is 22.5. The van der Waals surface area contributed by atoms with Crippen molar-refractivity contribution in [1.29, 1.82) is 0 Å². The molecule has 506 valence electrons. The van der Waals surface area contributed by atoms with E-state index >= 15 is 0 Å². The van der Waals surface area contributed by atoms with Crippen LogP contribution in [0.4, 0.5) is 57.7 Å². The van der Waals surface area contributed by atoms with Crippen LogP contribution in [-0.4, -0.2) is 147 Å². The van der Waals surface area contributed by atoms with Gasteiger partial charge in [0.15, 0.2) is 0 Å². The maximum atomic E-state index is 6.23. The number of fused-ring (bicyclic) bond motifs is 9. The number of thiocarbonyl (C=S) groups is 3. The molecule has 0 radical (unpaired) electrons. The number of halogens is 2. The molecule has 6 aromatic heterocycles. The number of likely N-dealkylation sites (tertiary alicyclic amines) is 1. The number of aryl methyl sites for hydroxylation is 3. The topological polar surface area (TPSA) is 201 Å². The number of hydrogen-bond acceptors (Lipinski definition) is 19. The van der Waals surface area contributed by atoms with Gasteiger partial charge in [-0.2, -0.15) is 0 Å². The molecule has 9 aromatic rings. The summed E-state index contributed by atoms with van der Waals surface area (Å²) in [7, 11) is 4.36. The highest BCUT2D eigenvalue weighted by Crippen LogP contribution is 2.39. The molecule has 1 atom stereocenters. The number of anilines is 10. The molecule has 0 amide bonds. The largest absolute Gasteiger partial charge is 0.367 e. The van der Waals surface area contributed by atoms with E-state index in [9.17, 15) is 0 Å². The minimum atomic E-state index is 0.515. The lowest BCUT2D eigenvalue weighted by Crippen LogP contribution is -2.51. The van der Waals surface area contributed by atoms with E-state index in [0.29, 0.717) is 65.2 Å². The van der Waals surface area contributed by atoms with Crippen molar-refractivity contribution in [2.75, 3.05) is 96.7 Å². The molecule has 0 aliphatic carbocycles. The van der Waals surface area contributed by atoms with Gasteiger partial charge in [0, 0.05) is 148 Å². The normalized spacial score (nSPS) is 15.9. The molecule has 0 unspecified atom stereocenters. The summed E-state index contributed by atoms with van der Waals surface area (Å²) in [6.07, 6.45) is 17.5.